The molecule has 3 aromatic rings. The smallest absolute Gasteiger partial charge is 0.240 e. The van der Waals surface area contributed by atoms with Crippen LogP contribution in [-0.4, -0.2) is 36.0 Å². The highest BCUT2D eigenvalue weighted by molar-refractivity contribution is 8.00. The predicted octanol–water partition coefficient (Wildman–Crippen LogP) is 5.29. The number of amides is 1. The molecular weight excluding hydrogens is 477 g/mol. The Labute approximate surface area is 198 Å². The molecule has 31 heavy (non-hydrogen) atoms. The maximum atomic E-state index is 12.7. The number of benzene rings is 2. The molecule has 7 nitrogen and oxygen atoms in total. The van der Waals surface area contributed by atoms with E-state index in [0.717, 1.165) is 16.9 Å². The molecular formula is C20H19Cl2N5O2S2. The fourth-order valence-electron chi connectivity index (χ4n) is 3.15. The van der Waals surface area contributed by atoms with Crippen LogP contribution in [0.15, 0.2) is 36.4 Å². The third kappa shape index (κ3) is 4.69. The number of ether oxygens (including phenoxy) is 1. The standard InChI is InChI=1S/C20H19Cl2N5O2S2/c1-23-14-5-3-11(7-15(14)24-2)19-27(18(28)10-30-19)20-26-25-17(31-20)9-29-16-6-4-12(21)8-13(16)22/h3-8,19,23-24H,9-10H2,1-2H3. The summed E-state index contributed by atoms with van der Waals surface area (Å²) in [5.74, 6) is 0.903. The zero-order valence-electron chi connectivity index (χ0n) is 16.7. The second-order valence-corrected chi connectivity index (χ2v) is 9.53. The molecule has 0 radical (unpaired) electrons. The van der Waals surface area contributed by atoms with Gasteiger partial charge in [0.15, 0.2) is 5.01 Å². The number of carbonyl (C=O) groups is 1. The van der Waals surface area contributed by atoms with E-state index in [0.29, 0.717) is 31.7 Å². The third-order valence-corrected chi connectivity index (χ3v) is 7.28. The van der Waals surface area contributed by atoms with Crippen molar-refractivity contribution in [2.45, 2.75) is 12.0 Å². The molecule has 2 N–H and O–H groups in total. The summed E-state index contributed by atoms with van der Waals surface area (Å²) in [6.07, 6.45) is 0. The van der Waals surface area contributed by atoms with Crippen molar-refractivity contribution in [2.75, 3.05) is 35.4 Å². The van der Waals surface area contributed by atoms with Gasteiger partial charge < -0.3 is 15.4 Å². The van der Waals surface area contributed by atoms with Gasteiger partial charge in [-0.1, -0.05) is 40.6 Å². The van der Waals surface area contributed by atoms with E-state index in [1.807, 2.05) is 32.3 Å². The highest BCUT2D eigenvalue weighted by Gasteiger charge is 2.36. The predicted molar refractivity (Wildman–Crippen MR) is 129 cm³/mol. The largest absolute Gasteiger partial charge is 0.485 e. The van der Waals surface area contributed by atoms with Gasteiger partial charge in [0.2, 0.25) is 11.0 Å². The second kappa shape index (κ2) is 9.52. The van der Waals surface area contributed by atoms with Crippen molar-refractivity contribution in [1.82, 2.24) is 10.2 Å². The number of hydrogen-bond donors (Lipinski definition) is 2. The lowest BCUT2D eigenvalue weighted by molar-refractivity contribution is -0.115. The molecule has 0 saturated carbocycles. The lowest BCUT2D eigenvalue weighted by Crippen LogP contribution is -2.27. The van der Waals surface area contributed by atoms with Crippen LogP contribution >= 0.6 is 46.3 Å². The van der Waals surface area contributed by atoms with E-state index in [-0.39, 0.29) is 17.9 Å². The van der Waals surface area contributed by atoms with Gasteiger partial charge in [0, 0.05) is 19.1 Å². The van der Waals surface area contributed by atoms with Crippen LogP contribution in [0.4, 0.5) is 16.5 Å². The summed E-state index contributed by atoms with van der Waals surface area (Å²) in [7, 11) is 3.74. The van der Waals surface area contributed by atoms with Crippen LogP contribution in [0.1, 0.15) is 15.9 Å². The molecule has 162 valence electrons. The Morgan fingerprint density at radius 3 is 2.68 bits per heavy atom. The fourth-order valence-corrected chi connectivity index (χ4v) is 5.62. The highest BCUT2D eigenvalue weighted by atomic mass is 35.5. The summed E-state index contributed by atoms with van der Waals surface area (Å²) >= 11 is 15.0. The van der Waals surface area contributed by atoms with Gasteiger partial charge in [0.05, 0.1) is 22.2 Å². The van der Waals surface area contributed by atoms with Gasteiger partial charge in [-0.2, -0.15) is 0 Å². The maximum Gasteiger partial charge on any atom is 0.240 e. The minimum atomic E-state index is -0.169. The topological polar surface area (TPSA) is 79.4 Å². The molecule has 1 saturated heterocycles. The molecule has 11 heteroatoms. The zero-order chi connectivity index (χ0) is 22.0. The monoisotopic (exact) mass is 495 g/mol. The fraction of sp³-hybridized carbons (Fsp3) is 0.250. The number of rotatable bonds is 7. The van der Waals surface area contributed by atoms with Crippen LogP contribution in [0.25, 0.3) is 0 Å². The quantitative estimate of drug-likeness (QED) is 0.461. The van der Waals surface area contributed by atoms with E-state index in [9.17, 15) is 4.79 Å². The first-order chi connectivity index (χ1) is 15.0. The van der Waals surface area contributed by atoms with Gasteiger partial charge in [-0.25, -0.2) is 0 Å². The van der Waals surface area contributed by atoms with Gasteiger partial charge >= 0.3 is 0 Å². The molecule has 1 aliphatic rings. The number of hydrogen-bond acceptors (Lipinski definition) is 8. The first-order valence-corrected chi connectivity index (χ1v) is 12.0. The van der Waals surface area contributed by atoms with E-state index < -0.39 is 0 Å². The Kier molecular flexibility index (Phi) is 6.76. The second-order valence-electron chi connectivity index (χ2n) is 6.57. The molecule has 1 atom stereocenters. The summed E-state index contributed by atoms with van der Waals surface area (Å²) in [6.45, 7) is 0.194. The summed E-state index contributed by atoms with van der Waals surface area (Å²) in [6, 6.07) is 11.1. The Morgan fingerprint density at radius 2 is 1.94 bits per heavy atom. The number of halogens is 2. The van der Waals surface area contributed by atoms with Crippen LogP contribution in [-0.2, 0) is 11.4 Å². The molecule has 1 unspecified atom stereocenters. The Hall–Kier alpha value is -2.20. The molecule has 0 aliphatic carbocycles. The Bertz CT molecular complexity index is 1110. The van der Waals surface area contributed by atoms with Crippen molar-refractivity contribution in [3.05, 3.63) is 57.0 Å². The number of carbonyl (C=O) groups excluding carboxylic acids is 1. The normalized spacial score (nSPS) is 15.9. The van der Waals surface area contributed by atoms with Crippen LogP contribution in [0.5, 0.6) is 5.75 Å². The molecule has 2 heterocycles. The zero-order valence-corrected chi connectivity index (χ0v) is 19.8. The van der Waals surface area contributed by atoms with Crippen LogP contribution in [0.2, 0.25) is 10.0 Å². The van der Waals surface area contributed by atoms with Crippen LogP contribution in [0.3, 0.4) is 0 Å². The Balaban J connectivity index is 1.53. The van der Waals surface area contributed by atoms with E-state index in [1.54, 1.807) is 34.9 Å². The van der Waals surface area contributed by atoms with E-state index in [1.165, 1.54) is 11.3 Å². The summed E-state index contributed by atoms with van der Waals surface area (Å²) < 4.78 is 5.74. The lowest BCUT2D eigenvalue weighted by atomic mass is 10.1. The SMILES string of the molecule is CNc1ccc(C2SCC(=O)N2c2nnc(COc3ccc(Cl)cc3Cl)s2)cc1NC. The summed E-state index contributed by atoms with van der Waals surface area (Å²) in [5, 5.41) is 16.8. The van der Waals surface area contributed by atoms with Gasteiger partial charge in [-0.15, -0.1) is 22.0 Å². The number of anilines is 3. The Morgan fingerprint density at radius 1 is 1.13 bits per heavy atom. The van der Waals surface area contributed by atoms with Crippen molar-refractivity contribution in [1.29, 1.82) is 0 Å². The van der Waals surface area contributed by atoms with Gasteiger partial charge in [-0.3, -0.25) is 9.69 Å². The highest BCUT2D eigenvalue weighted by Crippen LogP contribution is 2.44. The number of nitrogens with zero attached hydrogens (tertiary/aromatic N) is 3. The molecule has 2 aromatic carbocycles. The van der Waals surface area contributed by atoms with Gasteiger partial charge in [-0.05, 0) is 35.9 Å². The molecule has 1 fully saturated rings. The van der Waals surface area contributed by atoms with Crippen LogP contribution in [0, 0.1) is 0 Å². The van der Waals surface area contributed by atoms with Crippen LogP contribution < -0.4 is 20.3 Å². The lowest BCUT2D eigenvalue weighted by Gasteiger charge is -2.22. The summed E-state index contributed by atoms with van der Waals surface area (Å²) in [4.78, 5) is 14.4. The molecule has 0 spiro atoms. The van der Waals surface area contributed by atoms with Crippen molar-refractivity contribution < 1.29 is 9.53 Å². The maximum absolute atomic E-state index is 12.7. The van der Waals surface area contributed by atoms with E-state index >= 15 is 0 Å². The van der Waals surface area contributed by atoms with Gasteiger partial charge in [0.25, 0.3) is 0 Å². The van der Waals surface area contributed by atoms with Crippen molar-refractivity contribution in [3.63, 3.8) is 0 Å². The number of aromatic nitrogens is 2. The molecule has 1 amide bonds. The number of nitrogens with one attached hydrogen (secondary N) is 2. The third-order valence-electron chi connectivity index (χ3n) is 4.64. The molecule has 1 aromatic heterocycles. The first-order valence-electron chi connectivity index (χ1n) is 9.33. The average Bonchev–Trinajstić information content (AvgIpc) is 3.38. The van der Waals surface area contributed by atoms with E-state index in [2.05, 4.69) is 20.8 Å². The number of thioether (sulfide) groups is 1. The van der Waals surface area contributed by atoms with E-state index in [4.69, 9.17) is 27.9 Å². The first kappa shape index (κ1) is 22.0. The average molecular weight is 496 g/mol. The minimum Gasteiger partial charge on any atom is -0.485 e. The minimum absolute atomic E-state index is 0.00284. The summed E-state index contributed by atoms with van der Waals surface area (Å²) in [5.41, 5.74) is 2.97. The molecule has 1 aliphatic heterocycles. The van der Waals surface area contributed by atoms with Crippen molar-refractivity contribution in [3.8, 4) is 5.75 Å². The molecule has 0 bridgehead atoms. The van der Waals surface area contributed by atoms with Crippen molar-refractivity contribution in [2.24, 2.45) is 0 Å². The van der Waals surface area contributed by atoms with Crippen molar-refractivity contribution >= 4 is 68.7 Å². The van der Waals surface area contributed by atoms with Gasteiger partial charge in [0.1, 0.15) is 17.7 Å². The molecule has 4 rings (SSSR count).